The molecule has 2 aliphatic rings. The number of unbranched alkanes of at least 4 members (excludes halogenated alkanes) is 1. The van der Waals surface area contributed by atoms with E-state index in [4.69, 9.17) is 5.73 Å². The number of nitrogens with one attached hydrogen (secondary N) is 12. The number of nitrogens with zero attached hydrogens (tertiary/aromatic N) is 3. The number of hydrogen-bond donors (Lipinski definition) is 14. The van der Waals surface area contributed by atoms with Gasteiger partial charge in [0.2, 0.25) is 88.6 Å². The van der Waals surface area contributed by atoms with Crippen LogP contribution in [0.2, 0.25) is 0 Å². The van der Waals surface area contributed by atoms with E-state index < -0.39 is 191 Å². The van der Waals surface area contributed by atoms with Crippen molar-refractivity contribution in [3.8, 4) is 11.1 Å². The van der Waals surface area contributed by atoms with Crippen LogP contribution in [-0.2, 0) is 91.2 Å². The summed E-state index contributed by atoms with van der Waals surface area (Å²) >= 11 is 0.885. The number of amides is 15. The fraction of sp³-hybridized carbons (Fsp3) is 0.506. The Labute approximate surface area is 657 Å². The van der Waals surface area contributed by atoms with Crippen LogP contribution in [0.1, 0.15) is 111 Å². The number of aliphatic hydroxyl groups is 1. The number of nitrogens with two attached hydrogens (primary N) is 1. The van der Waals surface area contributed by atoms with Gasteiger partial charge in [0, 0.05) is 52.7 Å². The first-order valence-electron chi connectivity index (χ1n) is 37.8. The molecule has 0 spiro atoms. The molecule has 0 aliphatic carbocycles. The van der Waals surface area contributed by atoms with Crippen molar-refractivity contribution < 1.29 is 77.0 Å². The van der Waals surface area contributed by atoms with E-state index in [1.807, 2.05) is 42.5 Å². The first-order valence-corrected chi connectivity index (χ1v) is 39.0. The maximum absolute atomic E-state index is 15.1. The van der Waals surface area contributed by atoms with E-state index >= 15 is 4.79 Å². The van der Waals surface area contributed by atoms with Crippen molar-refractivity contribution >= 4 is 100 Å². The minimum absolute atomic E-state index is 0.0231. The minimum atomic E-state index is -1.76. The van der Waals surface area contributed by atoms with Gasteiger partial charge >= 0.3 is 0 Å². The monoisotopic (exact) mass is 1570 g/mol. The lowest BCUT2D eigenvalue weighted by Gasteiger charge is -2.33. The van der Waals surface area contributed by atoms with Crippen LogP contribution >= 0.6 is 11.8 Å². The molecule has 6 rings (SSSR count). The van der Waals surface area contributed by atoms with Gasteiger partial charge in [-0.3, -0.25) is 71.9 Å². The topological polar surface area (TPSA) is 456 Å². The fourth-order valence-electron chi connectivity index (χ4n) is 12.6. The van der Waals surface area contributed by atoms with Crippen LogP contribution in [0.25, 0.3) is 11.1 Å². The third-order valence-electron chi connectivity index (χ3n) is 19.7. The van der Waals surface area contributed by atoms with Gasteiger partial charge in [0.15, 0.2) is 0 Å². The molecule has 608 valence electrons. The molecule has 0 bridgehead atoms. The predicted molar refractivity (Wildman–Crippen MR) is 420 cm³/mol. The minimum Gasteiger partial charge on any atom is -0.391 e. The molecule has 15 N–H and O–H groups in total. The number of thioether (sulfide) groups is 1. The molecule has 33 heteroatoms. The molecule has 2 heterocycles. The van der Waals surface area contributed by atoms with Gasteiger partial charge in [-0.1, -0.05) is 136 Å². The van der Waals surface area contributed by atoms with Crippen molar-refractivity contribution in [1.29, 1.82) is 0 Å². The zero-order valence-corrected chi connectivity index (χ0v) is 66.2. The van der Waals surface area contributed by atoms with E-state index in [1.165, 1.54) is 60.7 Å². The summed E-state index contributed by atoms with van der Waals surface area (Å²) in [7, 11) is 4.00. The van der Waals surface area contributed by atoms with Gasteiger partial charge in [-0.15, -0.1) is 11.8 Å². The number of hydrogen-bond acceptors (Lipinski definition) is 18. The maximum atomic E-state index is 15.1. The van der Waals surface area contributed by atoms with Gasteiger partial charge in [0.05, 0.1) is 18.4 Å². The second-order valence-electron chi connectivity index (χ2n) is 28.5. The molecule has 112 heavy (non-hydrogen) atoms. The number of rotatable bonds is 17. The van der Waals surface area contributed by atoms with E-state index in [0.717, 1.165) is 32.7 Å². The zero-order chi connectivity index (χ0) is 82.5. The Kier molecular flexibility index (Phi) is 35.6. The van der Waals surface area contributed by atoms with Gasteiger partial charge < -0.3 is 89.3 Å². The first-order chi connectivity index (χ1) is 53.3. The summed E-state index contributed by atoms with van der Waals surface area (Å²) in [4.78, 5) is 217. The zero-order valence-electron chi connectivity index (χ0n) is 65.4. The Bertz CT molecular complexity index is 3920. The molecule has 2 fully saturated rings. The molecule has 0 unspecified atom stereocenters. The summed E-state index contributed by atoms with van der Waals surface area (Å²) in [6, 6.07) is 15.9. The summed E-state index contributed by atoms with van der Waals surface area (Å²) in [5.74, 6) is -13.3. The van der Waals surface area contributed by atoms with Crippen LogP contribution in [0.15, 0.2) is 115 Å². The lowest BCUT2D eigenvalue weighted by molar-refractivity contribution is -0.145. The van der Waals surface area contributed by atoms with Crippen LogP contribution in [0, 0.1) is 5.92 Å². The smallest absolute Gasteiger partial charge is 0.245 e. The number of aliphatic hydroxyl groups excluding tert-OH is 1. The third-order valence-corrected chi connectivity index (χ3v) is 20.7. The highest BCUT2D eigenvalue weighted by Crippen LogP contribution is 2.23. The molecule has 2 saturated heterocycles. The van der Waals surface area contributed by atoms with Crippen molar-refractivity contribution in [3.63, 3.8) is 0 Å². The third kappa shape index (κ3) is 26.7. The highest BCUT2D eigenvalue weighted by atomic mass is 32.2. The second-order valence-corrected chi connectivity index (χ2v) is 29.6. The lowest BCUT2D eigenvalue weighted by atomic mass is 9.99. The van der Waals surface area contributed by atoms with Crippen molar-refractivity contribution in [2.75, 3.05) is 52.3 Å². The Morgan fingerprint density at radius 1 is 0.518 bits per heavy atom. The summed E-state index contributed by atoms with van der Waals surface area (Å²) < 4.78 is 0. The average Bonchev–Trinajstić information content (AvgIpc) is 1.06. The number of likely N-dealkylation sites (N-methyl/N-ethyl adjacent to an activating group) is 3. The van der Waals surface area contributed by atoms with E-state index in [2.05, 4.69) is 63.8 Å². The van der Waals surface area contributed by atoms with Gasteiger partial charge in [-0.2, -0.15) is 0 Å². The quantitative estimate of drug-likeness (QED) is 0.0572. The second kappa shape index (κ2) is 44.3. The van der Waals surface area contributed by atoms with Gasteiger partial charge in [-0.05, 0) is 113 Å². The normalized spacial score (nSPS) is 25.3. The van der Waals surface area contributed by atoms with Crippen molar-refractivity contribution in [2.24, 2.45) is 11.7 Å². The lowest BCUT2D eigenvalue weighted by Crippen LogP contribution is -2.62. The molecule has 0 radical (unpaired) electrons. The van der Waals surface area contributed by atoms with Crippen LogP contribution < -0.4 is 69.5 Å². The van der Waals surface area contributed by atoms with E-state index in [-0.39, 0.29) is 57.4 Å². The standard InChI is InChI=1S/C79H110N16O16S/c1-12-56-71(103)92-66(50(8)96)76(108)89-60(40-52-27-18-14-19-28-52)79(111)94(11)49(7)69(101)88-59(41-53-33-35-55(36-34-53)54-29-20-15-21-30-54)78(110)93(10)48(6)68(100)87-57(31-22-23-37-80)72(104)84-47(5)77(109)95-38-24-32-62(95)74(106)90-61(70(102)82-42-63(97)81-9)43-112-44-64(98)85-58(39-51-25-16-13-17-26-51)73(105)91-65(45(2)3)75(107)83-46(4)67(99)86-56/h13-21,25-30,33-36,45-50,56-62,65-66,96H,12,22-24,31-32,37-44,80H2,1-11H3,(H,81,97)(H,82,102)(H,83,107)(H,84,104)(H,85,98)(H,86,99)(H,87,100)(H,88,101)(H,89,108)(H,90,106)(H,91,105)(H,92,103)/t46-,47-,48-,49-,50+,56-,57-,58-,59-,60-,61-,62-,65-,66-/m0/s1. The maximum Gasteiger partial charge on any atom is 0.245 e. The Morgan fingerprint density at radius 2 is 0.991 bits per heavy atom. The molecule has 32 nitrogen and oxygen atoms in total. The van der Waals surface area contributed by atoms with Gasteiger partial charge in [0.1, 0.15) is 78.5 Å². The fourth-order valence-corrected chi connectivity index (χ4v) is 13.4. The summed E-state index contributed by atoms with van der Waals surface area (Å²) in [6.07, 6.45) is -0.841. The molecule has 2 aliphatic heterocycles. The highest BCUT2D eigenvalue weighted by Gasteiger charge is 2.42. The average molecular weight is 1570 g/mol. The SMILES string of the molecule is CC[C@@H]1NC(=O)[C@H](C)NC(=O)[C@H](C(C)C)NC(=O)[C@H](Cc2ccccc2)NC(=O)CSC[C@@H](C(=O)NCC(=O)NC)NC(=O)[C@@H]2CCCN2C(=O)[C@H](C)NC(=O)[C@H](CCCCN)NC(=O)[C@H](C)N(C)C(=O)[C@H](Cc2ccc(-c3ccccc3)cc2)NC(=O)[C@H](C)N(C)C(=O)[C@H](Cc2ccccc2)NC(=O)[C@H]([C@@H](C)O)NC1=O. The first kappa shape index (κ1) is 90.1. The number of fused-ring (bicyclic) bond motifs is 1. The Balaban J connectivity index is 1.35. The van der Waals surface area contributed by atoms with Crippen LogP contribution in [0.3, 0.4) is 0 Å². The highest BCUT2D eigenvalue weighted by molar-refractivity contribution is 8.00. The molecule has 4 aromatic rings. The molecular formula is C79H110N16O16S. The molecule has 0 saturated carbocycles. The molecule has 14 atom stereocenters. The van der Waals surface area contributed by atoms with Gasteiger partial charge in [-0.25, -0.2) is 0 Å². The number of carbonyl (C=O) groups is 15. The van der Waals surface area contributed by atoms with Crippen molar-refractivity contribution in [3.05, 3.63) is 132 Å². The molecule has 0 aromatic heterocycles. The van der Waals surface area contributed by atoms with Crippen LogP contribution in [-0.4, -0.2) is 245 Å². The van der Waals surface area contributed by atoms with Gasteiger partial charge in [0.25, 0.3) is 0 Å². The van der Waals surface area contributed by atoms with E-state index in [1.54, 1.807) is 93.6 Å². The number of carbonyl (C=O) groups excluding carboxylic acids is 15. The summed E-state index contributed by atoms with van der Waals surface area (Å²) in [5, 5.41) is 42.6. The summed E-state index contributed by atoms with van der Waals surface area (Å²) in [5.41, 5.74) is 9.37. The number of benzene rings is 4. The van der Waals surface area contributed by atoms with E-state index in [0.29, 0.717) is 36.0 Å². The molecule has 4 aromatic carbocycles. The Morgan fingerprint density at radius 3 is 1.53 bits per heavy atom. The van der Waals surface area contributed by atoms with Crippen molar-refractivity contribution in [1.82, 2.24) is 78.5 Å². The predicted octanol–water partition coefficient (Wildman–Crippen LogP) is -0.861. The Hall–Kier alpha value is -10.8. The van der Waals surface area contributed by atoms with Crippen LogP contribution in [0.5, 0.6) is 0 Å². The van der Waals surface area contributed by atoms with E-state index in [9.17, 15) is 72.2 Å². The molecular weight excluding hydrogens is 1460 g/mol. The largest absolute Gasteiger partial charge is 0.391 e. The molecule has 15 amide bonds. The summed E-state index contributed by atoms with van der Waals surface area (Å²) in [6.45, 7) is 11.3. The van der Waals surface area contributed by atoms with Crippen LogP contribution in [0.4, 0.5) is 0 Å². The van der Waals surface area contributed by atoms with Crippen molar-refractivity contribution in [2.45, 2.75) is 198 Å².